The summed E-state index contributed by atoms with van der Waals surface area (Å²) in [5.41, 5.74) is 5.97. The van der Waals surface area contributed by atoms with Crippen molar-refractivity contribution in [1.29, 1.82) is 0 Å². The Morgan fingerprint density at radius 2 is 1.56 bits per heavy atom. The van der Waals surface area contributed by atoms with E-state index in [-0.39, 0.29) is 31.7 Å². The van der Waals surface area contributed by atoms with E-state index in [0.717, 1.165) is 37.7 Å². The van der Waals surface area contributed by atoms with E-state index in [9.17, 15) is 24.3 Å². The van der Waals surface area contributed by atoms with Crippen molar-refractivity contribution in [3.8, 4) is 5.75 Å². The molecule has 0 saturated heterocycles. The molecule has 2 rings (SSSR count). The largest absolute Gasteiger partial charge is 0.508 e. The second-order valence-corrected chi connectivity index (χ2v) is 11.7. The van der Waals surface area contributed by atoms with Gasteiger partial charge in [-0.3, -0.25) is 14.4 Å². The van der Waals surface area contributed by atoms with Crippen molar-refractivity contribution in [3.63, 3.8) is 0 Å². The highest BCUT2D eigenvalue weighted by Crippen LogP contribution is 2.26. The first-order valence-electron chi connectivity index (χ1n) is 15.1. The number of amides is 4. The molecule has 2 aromatic carbocycles. The third kappa shape index (κ3) is 13.2. The fraction of sp³-hybridized carbons (Fsp3) is 0.515. The lowest BCUT2D eigenvalue weighted by Crippen LogP contribution is -2.53. The lowest BCUT2D eigenvalue weighted by Gasteiger charge is -2.34. The number of unbranched alkanes of at least 4 members (excludes halogenated alkanes) is 5. The summed E-state index contributed by atoms with van der Waals surface area (Å²) < 4.78 is 5.39. The van der Waals surface area contributed by atoms with Crippen LogP contribution in [0.4, 0.5) is 4.79 Å². The van der Waals surface area contributed by atoms with Gasteiger partial charge in [0.2, 0.25) is 17.7 Å². The van der Waals surface area contributed by atoms with Crippen LogP contribution in [0.25, 0.3) is 0 Å². The molecule has 5 N–H and O–H groups in total. The van der Waals surface area contributed by atoms with Crippen molar-refractivity contribution in [2.45, 2.75) is 103 Å². The van der Waals surface area contributed by atoms with Gasteiger partial charge in [-0.2, -0.15) is 0 Å². The number of nitrogens with zero attached hydrogens (tertiary/aromatic N) is 1. The van der Waals surface area contributed by atoms with Gasteiger partial charge in [-0.1, -0.05) is 81.5 Å². The quantitative estimate of drug-likeness (QED) is 0.187. The second-order valence-electron chi connectivity index (χ2n) is 11.7. The maximum Gasteiger partial charge on any atom is 0.408 e. The van der Waals surface area contributed by atoms with E-state index < -0.39 is 41.5 Å². The van der Waals surface area contributed by atoms with Gasteiger partial charge in [-0.25, -0.2) is 4.79 Å². The molecule has 2 atom stereocenters. The van der Waals surface area contributed by atoms with Crippen LogP contribution in [0.3, 0.4) is 0 Å². The van der Waals surface area contributed by atoms with E-state index in [0.29, 0.717) is 12.0 Å². The van der Waals surface area contributed by atoms with E-state index in [4.69, 9.17) is 10.5 Å². The molecule has 0 aliphatic rings. The fourth-order valence-corrected chi connectivity index (χ4v) is 4.63. The monoisotopic (exact) mass is 596 g/mol. The number of phenols is 1. The Kier molecular flexibility index (Phi) is 14.5. The molecule has 43 heavy (non-hydrogen) atoms. The molecule has 0 radical (unpaired) electrons. The first-order valence-corrected chi connectivity index (χ1v) is 15.1. The Hall–Kier alpha value is -4.08. The fourth-order valence-electron chi connectivity index (χ4n) is 4.63. The van der Waals surface area contributed by atoms with Crippen molar-refractivity contribution < 1.29 is 29.0 Å². The van der Waals surface area contributed by atoms with Gasteiger partial charge in [-0.05, 0) is 56.9 Å². The molecule has 2 unspecified atom stereocenters. The number of alkyl carbamates (subject to hydrolysis) is 1. The highest BCUT2D eigenvalue weighted by atomic mass is 16.6. The summed E-state index contributed by atoms with van der Waals surface area (Å²) in [6.45, 7) is 7.73. The Bertz CT molecular complexity index is 1160. The van der Waals surface area contributed by atoms with Crippen LogP contribution in [-0.4, -0.2) is 52.0 Å². The molecule has 0 bridgehead atoms. The third-order valence-corrected chi connectivity index (χ3v) is 6.78. The molecule has 0 aromatic heterocycles. The molecule has 10 nitrogen and oxygen atoms in total. The van der Waals surface area contributed by atoms with E-state index in [1.165, 1.54) is 17.0 Å². The molecule has 10 heteroatoms. The number of nitrogens with one attached hydrogen (secondary N) is 2. The van der Waals surface area contributed by atoms with Crippen molar-refractivity contribution in [2.75, 3.05) is 6.54 Å². The SMILES string of the molecule is CCCCCCCCN(C(=O)C(CCC(N)=O)NC(=O)OC(C)(C)C)C(C(=O)NCc1ccccc1)c1ccc(O)cc1. The predicted octanol–water partition coefficient (Wildman–Crippen LogP) is 5.10. The number of rotatable bonds is 17. The zero-order chi connectivity index (χ0) is 31.8. The van der Waals surface area contributed by atoms with Crippen LogP contribution in [0.2, 0.25) is 0 Å². The first kappa shape index (κ1) is 35.1. The first-order chi connectivity index (χ1) is 20.4. The molecule has 0 saturated carbocycles. The van der Waals surface area contributed by atoms with Gasteiger partial charge in [0.15, 0.2) is 0 Å². The van der Waals surface area contributed by atoms with E-state index in [2.05, 4.69) is 17.6 Å². The number of ether oxygens (including phenoxy) is 1. The van der Waals surface area contributed by atoms with Gasteiger partial charge in [0, 0.05) is 19.5 Å². The number of phenolic OH excluding ortho intramolecular Hbond substituents is 1. The van der Waals surface area contributed by atoms with Gasteiger partial charge in [0.1, 0.15) is 23.4 Å². The molecular weight excluding hydrogens is 548 g/mol. The smallest absolute Gasteiger partial charge is 0.408 e. The Morgan fingerprint density at radius 3 is 2.16 bits per heavy atom. The minimum Gasteiger partial charge on any atom is -0.508 e. The van der Waals surface area contributed by atoms with Gasteiger partial charge in [0.05, 0.1) is 0 Å². The standard InChI is InChI=1S/C33H48N4O6/c1-5-6-7-8-9-13-22-37(31(41)27(20-21-28(34)39)36-32(42)43-33(2,3)4)29(25-16-18-26(38)19-17-25)30(40)35-23-24-14-11-10-12-15-24/h10-12,14-19,27,29,38H,5-9,13,20-23H2,1-4H3,(H2,34,39)(H,35,40)(H,36,42). The highest BCUT2D eigenvalue weighted by Gasteiger charge is 2.36. The summed E-state index contributed by atoms with van der Waals surface area (Å²) in [4.78, 5) is 54.0. The molecular formula is C33H48N4O6. The topological polar surface area (TPSA) is 151 Å². The molecule has 0 heterocycles. The van der Waals surface area contributed by atoms with Gasteiger partial charge >= 0.3 is 6.09 Å². The van der Waals surface area contributed by atoms with Crippen LogP contribution >= 0.6 is 0 Å². The summed E-state index contributed by atoms with van der Waals surface area (Å²) >= 11 is 0. The average molecular weight is 597 g/mol. The van der Waals surface area contributed by atoms with Gasteiger partial charge < -0.3 is 31.1 Å². The Morgan fingerprint density at radius 1 is 0.930 bits per heavy atom. The maximum absolute atomic E-state index is 14.3. The third-order valence-electron chi connectivity index (χ3n) is 6.78. The molecule has 236 valence electrons. The van der Waals surface area contributed by atoms with Crippen LogP contribution in [0, 0.1) is 0 Å². The second kappa shape index (κ2) is 17.8. The summed E-state index contributed by atoms with van der Waals surface area (Å²) in [6, 6.07) is 13.3. The minimum absolute atomic E-state index is 0.0203. The number of carbonyl (C=O) groups excluding carboxylic acids is 4. The van der Waals surface area contributed by atoms with Crippen LogP contribution in [-0.2, 0) is 25.7 Å². The van der Waals surface area contributed by atoms with Gasteiger partial charge in [-0.15, -0.1) is 0 Å². The zero-order valence-corrected chi connectivity index (χ0v) is 25.9. The van der Waals surface area contributed by atoms with Crippen molar-refractivity contribution in [2.24, 2.45) is 5.73 Å². The number of carbonyl (C=O) groups is 4. The van der Waals surface area contributed by atoms with Crippen molar-refractivity contribution in [3.05, 3.63) is 65.7 Å². The van der Waals surface area contributed by atoms with Crippen LogP contribution in [0.15, 0.2) is 54.6 Å². The predicted molar refractivity (Wildman–Crippen MR) is 166 cm³/mol. The lowest BCUT2D eigenvalue weighted by atomic mass is 10.0. The molecule has 0 spiro atoms. The van der Waals surface area contributed by atoms with E-state index in [1.54, 1.807) is 32.9 Å². The van der Waals surface area contributed by atoms with E-state index in [1.807, 2.05) is 30.3 Å². The molecule has 0 aliphatic carbocycles. The van der Waals surface area contributed by atoms with Crippen molar-refractivity contribution >= 4 is 23.8 Å². The number of aromatic hydroxyl groups is 1. The van der Waals surface area contributed by atoms with E-state index >= 15 is 0 Å². The summed E-state index contributed by atoms with van der Waals surface area (Å²) in [5, 5.41) is 15.5. The zero-order valence-electron chi connectivity index (χ0n) is 25.9. The Balaban J connectivity index is 2.45. The normalized spacial score (nSPS) is 12.6. The highest BCUT2D eigenvalue weighted by molar-refractivity contribution is 5.92. The molecule has 2 aromatic rings. The number of hydrogen-bond acceptors (Lipinski definition) is 6. The minimum atomic E-state index is -1.16. The summed E-state index contributed by atoms with van der Waals surface area (Å²) in [5.74, 6) is -1.55. The summed E-state index contributed by atoms with van der Waals surface area (Å²) in [6.07, 6.45) is 4.74. The number of primary amides is 1. The lowest BCUT2D eigenvalue weighted by molar-refractivity contribution is -0.143. The van der Waals surface area contributed by atoms with Crippen LogP contribution in [0.1, 0.15) is 96.2 Å². The Labute approximate surface area is 255 Å². The molecule has 4 amide bonds. The van der Waals surface area contributed by atoms with Crippen molar-refractivity contribution in [1.82, 2.24) is 15.5 Å². The molecule has 0 fully saturated rings. The number of benzene rings is 2. The summed E-state index contributed by atoms with van der Waals surface area (Å²) in [7, 11) is 0. The van der Waals surface area contributed by atoms with Crippen LogP contribution in [0.5, 0.6) is 5.75 Å². The van der Waals surface area contributed by atoms with Gasteiger partial charge in [0.25, 0.3) is 0 Å². The van der Waals surface area contributed by atoms with Crippen LogP contribution < -0.4 is 16.4 Å². The maximum atomic E-state index is 14.3. The number of hydrogen-bond donors (Lipinski definition) is 4. The average Bonchev–Trinajstić information content (AvgIpc) is 2.95. The number of nitrogens with two attached hydrogens (primary N) is 1. The molecule has 0 aliphatic heterocycles.